The average molecular weight is 183 g/mol. The number of carbonyl (C=O) groups is 1. The Morgan fingerprint density at radius 2 is 2.54 bits per heavy atom. The summed E-state index contributed by atoms with van der Waals surface area (Å²) in [5.41, 5.74) is 0. The van der Waals surface area contributed by atoms with Crippen LogP contribution in [0, 0.1) is 0 Å². The highest BCUT2D eigenvalue weighted by Crippen LogP contribution is 1.98. The van der Waals surface area contributed by atoms with Crippen LogP contribution < -0.4 is 5.84 Å². The van der Waals surface area contributed by atoms with Crippen LogP contribution in [0.15, 0.2) is 12.4 Å². The normalized spacial score (nSPS) is 9.92. The summed E-state index contributed by atoms with van der Waals surface area (Å²) in [6.45, 7) is 2.19. The average Bonchev–Trinajstić information content (AvgIpc) is 2.48. The number of ether oxygens (including phenoxy) is 1. The Labute approximate surface area is 76.5 Å². The SMILES string of the molecule is CCOC(=O)CCc1nccn1N. The maximum atomic E-state index is 10.9. The molecular formula is C8H13N3O2. The van der Waals surface area contributed by atoms with Gasteiger partial charge in [-0.25, -0.2) is 4.98 Å². The summed E-state index contributed by atoms with van der Waals surface area (Å²) in [6.07, 6.45) is 4.07. The molecule has 0 aromatic carbocycles. The Morgan fingerprint density at radius 3 is 3.08 bits per heavy atom. The number of hydrogen-bond donors (Lipinski definition) is 1. The van der Waals surface area contributed by atoms with Gasteiger partial charge in [0.15, 0.2) is 0 Å². The van der Waals surface area contributed by atoms with E-state index in [9.17, 15) is 4.79 Å². The molecule has 0 saturated carbocycles. The molecule has 1 aromatic rings. The van der Waals surface area contributed by atoms with Crippen molar-refractivity contribution in [2.45, 2.75) is 19.8 Å². The number of imidazole rings is 1. The number of esters is 1. The first-order valence-corrected chi connectivity index (χ1v) is 4.17. The monoisotopic (exact) mass is 183 g/mol. The van der Waals surface area contributed by atoms with Crippen molar-refractivity contribution >= 4 is 5.97 Å². The molecule has 72 valence electrons. The van der Waals surface area contributed by atoms with Gasteiger partial charge in [-0.15, -0.1) is 0 Å². The van der Waals surface area contributed by atoms with Gasteiger partial charge in [0, 0.05) is 18.8 Å². The highest BCUT2D eigenvalue weighted by molar-refractivity contribution is 5.69. The maximum absolute atomic E-state index is 10.9. The molecule has 5 heteroatoms. The van der Waals surface area contributed by atoms with E-state index < -0.39 is 0 Å². The molecule has 0 aliphatic carbocycles. The van der Waals surface area contributed by atoms with Crippen LogP contribution in [0.3, 0.4) is 0 Å². The molecule has 1 aromatic heterocycles. The summed E-state index contributed by atoms with van der Waals surface area (Å²) in [5.74, 6) is 5.97. The Morgan fingerprint density at radius 1 is 1.77 bits per heavy atom. The van der Waals surface area contributed by atoms with E-state index in [0.29, 0.717) is 25.3 Å². The molecule has 13 heavy (non-hydrogen) atoms. The van der Waals surface area contributed by atoms with Crippen molar-refractivity contribution in [1.82, 2.24) is 9.66 Å². The van der Waals surface area contributed by atoms with Gasteiger partial charge in [0.25, 0.3) is 0 Å². The fourth-order valence-electron chi connectivity index (χ4n) is 0.985. The quantitative estimate of drug-likeness (QED) is 0.530. The van der Waals surface area contributed by atoms with E-state index in [0.717, 1.165) is 0 Å². The lowest BCUT2D eigenvalue weighted by atomic mass is 10.3. The summed E-state index contributed by atoms with van der Waals surface area (Å²) in [7, 11) is 0. The van der Waals surface area contributed by atoms with E-state index in [2.05, 4.69) is 4.98 Å². The number of hydrogen-bond acceptors (Lipinski definition) is 4. The number of nitrogens with zero attached hydrogens (tertiary/aromatic N) is 2. The lowest BCUT2D eigenvalue weighted by molar-refractivity contribution is -0.143. The van der Waals surface area contributed by atoms with Crippen LogP contribution in [-0.2, 0) is 16.0 Å². The second-order valence-electron chi connectivity index (χ2n) is 2.56. The van der Waals surface area contributed by atoms with Crippen LogP contribution in [-0.4, -0.2) is 22.2 Å². The molecule has 1 rings (SSSR count). The number of aromatic nitrogens is 2. The molecule has 0 fully saturated rings. The minimum absolute atomic E-state index is 0.217. The number of carbonyl (C=O) groups excluding carboxylic acids is 1. The summed E-state index contributed by atoms with van der Waals surface area (Å²) >= 11 is 0. The molecule has 0 saturated heterocycles. The molecule has 0 amide bonds. The third-order valence-corrected chi connectivity index (χ3v) is 1.61. The lowest BCUT2D eigenvalue weighted by Gasteiger charge is -2.01. The lowest BCUT2D eigenvalue weighted by Crippen LogP contribution is -2.13. The third-order valence-electron chi connectivity index (χ3n) is 1.61. The Bertz CT molecular complexity index is 283. The minimum atomic E-state index is -0.217. The number of nitrogen functional groups attached to an aromatic ring is 1. The standard InChI is InChI=1S/C8H13N3O2/c1-2-13-8(12)4-3-7-10-5-6-11(7)9/h5-6H,2-4,9H2,1H3. The van der Waals surface area contributed by atoms with E-state index in [1.165, 1.54) is 4.68 Å². The predicted octanol–water partition coefficient (Wildman–Crippen LogP) is 0.0926. The summed E-state index contributed by atoms with van der Waals surface area (Å²) in [4.78, 5) is 14.9. The van der Waals surface area contributed by atoms with Gasteiger partial charge in [-0.3, -0.25) is 9.47 Å². The van der Waals surface area contributed by atoms with Gasteiger partial charge < -0.3 is 10.6 Å². The number of nitrogens with two attached hydrogens (primary N) is 1. The molecule has 0 radical (unpaired) electrons. The maximum Gasteiger partial charge on any atom is 0.306 e. The van der Waals surface area contributed by atoms with Gasteiger partial charge in [0.1, 0.15) is 5.82 Å². The zero-order chi connectivity index (χ0) is 9.68. The van der Waals surface area contributed by atoms with Crippen LogP contribution in [0.5, 0.6) is 0 Å². The van der Waals surface area contributed by atoms with Crippen LogP contribution in [0.2, 0.25) is 0 Å². The Balaban J connectivity index is 2.35. The highest BCUT2D eigenvalue weighted by atomic mass is 16.5. The first kappa shape index (κ1) is 9.57. The first-order valence-electron chi connectivity index (χ1n) is 4.17. The van der Waals surface area contributed by atoms with Gasteiger partial charge in [-0.05, 0) is 6.92 Å². The molecule has 2 N–H and O–H groups in total. The molecule has 0 aliphatic heterocycles. The van der Waals surface area contributed by atoms with Gasteiger partial charge in [-0.2, -0.15) is 0 Å². The van der Waals surface area contributed by atoms with Crippen molar-refractivity contribution in [3.8, 4) is 0 Å². The molecule has 0 bridgehead atoms. The van der Waals surface area contributed by atoms with Crippen molar-refractivity contribution in [3.63, 3.8) is 0 Å². The molecular weight excluding hydrogens is 170 g/mol. The second kappa shape index (κ2) is 4.49. The molecule has 1 heterocycles. The van der Waals surface area contributed by atoms with E-state index in [-0.39, 0.29) is 5.97 Å². The van der Waals surface area contributed by atoms with E-state index >= 15 is 0 Å². The van der Waals surface area contributed by atoms with Gasteiger partial charge >= 0.3 is 5.97 Å². The molecule has 0 unspecified atom stereocenters. The molecule has 5 nitrogen and oxygen atoms in total. The summed E-state index contributed by atoms with van der Waals surface area (Å²) in [5, 5.41) is 0. The van der Waals surface area contributed by atoms with E-state index in [4.69, 9.17) is 10.6 Å². The highest BCUT2D eigenvalue weighted by Gasteiger charge is 2.05. The molecule has 0 spiro atoms. The third kappa shape index (κ3) is 2.77. The van der Waals surface area contributed by atoms with Crippen molar-refractivity contribution in [2.24, 2.45) is 0 Å². The van der Waals surface area contributed by atoms with Gasteiger partial charge in [-0.1, -0.05) is 0 Å². The number of rotatable bonds is 4. The van der Waals surface area contributed by atoms with Crippen molar-refractivity contribution in [1.29, 1.82) is 0 Å². The largest absolute Gasteiger partial charge is 0.466 e. The van der Waals surface area contributed by atoms with Crippen LogP contribution in [0.4, 0.5) is 0 Å². The Kier molecular flexibility index (Phi) is 3.31. The topological polar surface area (TPSA) is 70.1 Å². The summed E-state index contributed by atoms with van der Waals surface area (Å²) in [6, 6.07) is 0. The fraction of sp³-hybridized carbons (Fsp3) is 0.500. The van der Waals surface area contributed by atoms with Crippen molar-refractivity contribution in [2.75, 3.05) is 12.4 Å². The smallest absolute Gasteiger partial charge is 0.306 e. The minimum Gasteiger partial charge on any atom is -0.466 e. The first-order chi connectivity index (χ1) is 6.24. The van der Waals surface area contributed by atoms with Crippen LogP contribution in [0.25, 0.3) is 0 Å². The zero-order valence-corrected chi connectivity index (χ0v) is 7.56. The molecule has 0 aliphatic rings. The van der Waals surface area contributed by atoms with Crippen molar-refractivity contribution < 1.29 is 9.53 Å². The van der Waals surface area contributed by atoms with E-state index in [1.54, 1.807) is 19.3 Å². The van der Waals surface area contributed by atoms with Crippen LogP contribution in [0.1, 0.15) is 19.2 Å². The predicted molar refractivity (Wildman–Crippen MR) is 47.3 cm³/mol. The van der Waals surface area contributed by atoms with E-state index in [1.807, 2.05) is 0 Å². The number of aryl methyl sites for hydroxylation is 1. The van der Waals surface area contributed by atoms with Gasteiger partial charge in [0.05, 0.1) is 13.0 Å². The van der Waals surface area contributed by atoms with Crippen molar-refractivity contribution in [3.05, 3.63) is 18.2 Å². The van der Waals surface area contributed by atoms with Gasteiger partial charge in [0.2, 0.25) is 0 Å². The zero-order valence-electron chi connectivity index (χ0n) is 7.56. The molecule has 0 atom stereocenters. The fourth-order valence-corrected chi connectivity index (χ4v) is 0.985. The second-order valence-corrected chi connectivity index (χ2v) is 2.56. The Hall–Kier alpha value is -1.52. The summed E-state index contributed by atoms with van der Waals surface area (Å²) < 4.78 is 6.17. The van der Waals surface area contributed by atoms with Crippen LogP contribution >= 0.6 is 0 Å².